The molecule has 2 rings (SSSR count). The van der Waals surface area contributed by atoms with Crippen LogP contribution in [0.2, 0.25) is 0 Å². The summed E-state index contributed by atoms with van der Waals surface area (Å²) in [5.41, 5.74) is 2.07. The summed E-state index contributed by atoms with van der Waals surface area (Å²) in [5, 5.41) is 13.4. The molecule has 1 amide bonds. The second kappa shape index (κ2) is 6.85. The molecule has 0 heterocycles. The summed E-state index contributed by atoms with van der Waals surface area (Å²) in [6.07, 6.45) is 0.965. The number of carbonyl (C=O) groups excluding carboxylic acids is 1. The van der Waals surface area contributed by atoms with Crippen LogP contribution in [-0.4, -0.2) is 10.8 Å². The fraction of sp³-hybridized carbons (Fsp3) is 0.235. The molecule has 0 saturated heterocycles. The van der Waals surface area contributed by atoms with Crippen molar-refractivity contribution in [2.24, 2.45) is 5.92 Å². The van der Waals surface area contributed by atoms with Gasteiger partial charge in [-0.1, -0.05) is 32.0 Å². The highest BCUT2D eigenvalue weighted by molar-refractivity contribution is 6.04. The van der Waals surface area contributed by atoms with E-state index in [0.29, 0.717) is 17.2 Å². The summed E-state index contributed by atoms with van der Waals surface area (Å²) >= 11 is 0. The lowest BCUT2D eigenvalue weighted by molar-refractivity contribution is -0.384. The zero-order valence-electron chi connectivity index (χ0n) is 12.6. The van der Waals surface area contributed by atoms with Crippen molar-refractivity contribution in [3.05, 3.63) is 69.8 Å². The van der Waals surface area contributed by atoms with Crippen LogP contribution in [0.4, 0.5) is 11.4 Å². The highest BCUT2D eigenvalue weighted by atomic mass is 16.6. The third kappa shape index (κ3) is 4.15. The second-order valence-corrected chi connectivity index (χ2v) is 5.56. The monoisotopic (exact) mass is 298 g/mol. The van der Waals surface area contributed by atoms with Gasteiger partial charge < -0.3 is 5.32 Å². The number of benzene rings is 2. The Balaban J connectivity index is 2.08. The van der Waals surface area contributed by atoms with E-state index in [2.05, 4.69) is 19.2 Å². The molecule has 0 aliphatic rings. The van der Waals surface area contributed by atoms with Gasteiger partial charge in [0.25, 0.3) is 11.6 Å². The second-order valence-electron chi connectivity index (χ2n) is 5.56. The maximum Gasteiger partial charge on any atom is 0.271 e. The maximum atomic E-state index is 12.1. The number of nitro benzene ring substituents is 1. The first-order valence-electron chi connectivity index (χ1n) is 7.10. The van der Waals surface area contributed by atoms with Gasteiger partial charge in [-0.3, -0.25) is 14.9 Å². The van der Waals surface area contributed by atoms with Gasteiger partial charge in [0.15, 0.2) is 0 Å². The summed E-state index contributed by atoms with van der Waals surface area (Å²) in [4.78, 5) is 22.4. The molecule has 114 valence electrons. The first kappa shape index (κ1) is 15.7. The predicted octanol–water partition coefficient (Wildman–Crippen LogP) is 4.05. The summed E-state index contributed by atoms with van der Waals surface area (Å²) in [7, 11) is 0. The Morgan fingerprint density at radius 1 is 1.18 bits per heavy atom. The largest absolute Gasteiger partial charge is 0.322 e. The highest BCUT2D eigenvalue weighted by Crippen LogP contribution is 2.18. The van der Waals surface area contributed by atoms with Gasteiger partial charge in [-0.15, -0.1) is 0 Å². The number of rotatable bonds is 5. The lowest BCUT2D eigenvalue weighted by Crippen LogP contribution is -2.12. The smallest absolute Gasteiger partial charge is 0.271 e. The Morgan fingerprint density at radius 3 is 2.45 bits per heavy atom. The highest BCUT2D eigenvalue weighted by Gasteiger charge is 2.10. The SMILES string of the molecule is CC(C)Cc1ccc(C(=O)Nc2cccc([N+](=O)[O-])c2)cc1. The van der Waals surface area contributed by atoms with E-state index >= 15 is 0 Å². The summed E-state index contributed by atoms with van der Waals surface area (Å²) in [6.45, 7) is 4.28. The lowest BCUT2D eigenvalue weighted by Gasteiger charge is -2.07. The number of hydrogen-bond donors (Lipinski definition) is 1. The van der Waals surface area contributed by atoms with Crippen LogP contribution in [0, 0.1) is 16.0 Å². The molecule has 5 heteroatoms. The van der Waals surface area contributed by atoms with Crippen LogP contribution in [0.15, 0.2) is 48.5 Å². The number of nitro groups is 1. The van der Waals surface area contributed by atoms with Crippen molar-refractivity contribution in [1.82, 2.24) is 0 Å². The van der Waals surface area contributed by atoms with Gasteiger partial charge in [-0.2, -0.15) is 0 Å². The van der Waals surface area contributed by atoms with Crippen molar-refractivity contribution in [3.63, 3.8) is 0 Å². The minimum absolute atomic E-state index is 0.0509. The minimum atomic E-state index is -0.490. The van der Waals surface area contributed by atoms with E-state index in [1.165, 1.54) is 17.7 Å². The molecule has 0 saturated carbocycles. The Morgan fingerprint density at radius 2 is 1.86 bits per heavy atom. The Labute approximate surface area is 129 Å². The van der Waals surface area contributed by atoms with E-state index in [1.54, 1.807) is 24.3 Å². The normalized spacial score (nSPS) is 10.5. The van der Waals surface area contributed by atoms with Crippen LogP contribution in [0.25, 0.3) is 0 Å². The first-order chi connectivity index (χ1) is 10.5. The number of nitrogens with one attached hydrogen (secondary N) is 1. The van der Waals surface area contributed by atoms with E-state index in [4.69, 9.17) is 0 Å². The fourth-order valence-electron chi connectivity index (χ4n) is 2.16. The van der Waals surface area contributed by atoms with Crippen molar-refractivity contribution >= 4 is 17.3 Å². The molecule has 0 atom stereocenters. The first-order valence-corrected chi connectivity index (χ1v) is 7.10. The molecule has 0 fully saturated rings. The third-order valence-electron chi connectivity index (χ3n) is 3.17. The van der Waals surface area contributed by atoms with Crippen molar-refractivity contribution in [1.29, 1.82) is 0 Å². The molecule has 0 spiro atoms. The molecule has 2 aromatic carbocycles. The molecule has 0 bridgehead atoms. The number of carbonyl (C=O) groups is 1. The third-order valence-corrected chi connectivity index (χ3v) is 3.17. The molecule has 1 N–H and O–H groups in total. The molecular weight excluding hydrogens is 280 g/mol. The molecule has 0 unspecified atom stereocenters. The van der Waals surface area contributed by atoms with Crippen molar-refractivity contribution in [2.45, 2.75) is 20.3 Å². The average molecular weight is 298 g/mol. The molecule has 22 heavy (non-hydrogen) atoms. The van der Waals surface area contributed by atoms with E-state index < -0.39 is 4.92 Å². The van der Waals surface area contributed by atoms with Crippen LogP contribution in [0.3, 0.4) is 0 Å². The van der Waals surface area contributed by atoms with Crippen LogP contribution in [0.1, 0.15) is 29.8 Å². The zero-order chi connectivity index (χ0) is 16.1. The standard InChI is InChI=1S/C17H18N2O3/c1-12(2)10-13-6-8-14(9-7-13)17(20)18-15-4-3-5-16(11-15)19(21)22/h3-9,11-12H,10H2,1-2H3,(H,18,20). The van der Waals surface area contributed by atoms with Gasteiger partial charge in [0.1, 0.15) is 0 Å². The minimum Gasteiger partial charge on any atom is -0.322 e. The Bertz CT molecular complexity index is 679. The van der Waals surface area contributed by atoms with Crippen LogP contribution >= 0.6 is 0 Å². The molecule has 0 radical (unpaired) electrons. The molecule has 5 nitrogen and oxygen atoms in total. The number of anilines is 1. The van der Waals surface area contributed by atoms with Crippen molar-refractivity contribution < 1.29 is 9.72 Å². The maximum absolute atomic E-state index is 12.1. The molecule has 0 aliphatic carbocycles. The molecule has 2 aromatic rings. The Hall–Kier alpha value is -2.69. The van der Waals surface area contributed by atoms with Gasteiger partial charge in [-0.05, 0) is 36.1 Å². The molecular formula is C17H18N2O3. The number of amides is 1. The van der Waals surface area contributed by atoms with Gasteiger partial charge in [0.05, 0.1) is 4.92 Å². The van der Waals surface area contributed by atoms with Crippen LogP contribution in [-0.2, 0) is 6.42 Å². The van der Waals surface area contributed by atoms with Crippen molar-refractivity contribution in [3.8, 4) is 0 Å². The summed E-state index contributed by atoms with van der Waals surface area (Å²) < 4.78 is 0. The zero-order valence-corrected chi connectivity index (χ0v) is 12.6. The number of nitrogens with zero attached hydrogens (tertiary/aromatic N) is 1. The van der Waals surface area contributed by atoms with Crippen molar-refractivity contribution in [2.75, 3.05) is 5.32 Å². The van der Waals surface area contributed by atoms with Gasteiger partial charge in [-0.25, -0.2) is 0 Å². The topological polar surface area (TPSA) is 72.2 Å². The number of non-ortho nitro benzene ring substituents is 1. The fourth-order valence-corrected chi connectivity index (χ4v) is 2.16. The van der Waals surface area contributed by atoms with Crippen LogP contribution < -0.4 is 5.32 Å². The van der Waals surface area contributed by atoms with E-state index in [9.17, 15) is 14.9 Å². The molecule has 0 aliphatic heterocycles. The predicted molar refractivity (Wildman–Crippen MR) is 86.0 cm³/mol. The average Bonchev–Trinajstić information content (AvgIpc) is 2.47. The summed E-state index contributed by atoms with van der Waals surface area (Å²) in [6, 6.07) is 13.3. The van der Waals surface area contributed by atoms with E-state index in [-0.39, 0.29) is 11.6 Å². The quantitative estimate of drug-likeness (QED) is 0.668. The lowest BCUT2D eigenvalue weighted by atomic mass is 10.0. The Kier molecular flexibility index (Phi) is 4.88. The van der Waals surface area contributed by atoms with Gasteiger partial charge in [0.2, 0.25) is 0 Å². The van der Waals surface area contributed by atoms with E-state index in [1.807, 2.05) is 12.1 Å². The van der Waals surface area contributed by atoms with E-state index in [0.717, 1.165) is 6.42 Å². The van der Waals surface area contributed by atoms with Crippen LogP contribution in [0.5, 0.6) is 0 Å². The van der Waals surface area contributed by atoms with Gasteiger partial charge in [0, 0.05) is 23.4 Å². The molecule has 0 aromatic heterocycles. The van der Waals surface area contributed by atoms with Gasteiger partial charge >= 0.3 is 0 Å². The summed E-state index contributed by atoms with van der Waals surface area (Å²) in [5.74, 6) is 0.279. The number of hydrogen-bond acceptors (Lipinski definition) is 3.